The highest BCUT2D eigenvalue weighted by atomic mass is 35.5. The minimum atomic E-state index is -0.424. The van der Waals surface area contributed by atoms with Gasteiger partial charge in [0.15, 0.2) is 0 Å². The number of hydrogen-bond donors (Lipinski definition) is 2. The number of nitrogens with two attached hydrogens (primary N) is 1. The summed E-state index contributed by atoms with van der Waals surface area (Å²) in [4.78, 5) is 4.08. The molecule has 22 heavy (non-hydrogen) atoms. The molecule has 0 aromatic carbocycles. The first kappa shape index (κ1) is 17.3. The summed E-state index contributed by atoms with van der Waals surface area (Å²) in [5.74, 6) is 0. The molecule has 1 fully saturated rings. The maximum atomic E-state index is 6.10. The number of nitrogens with one attached hydrogen (secondary N) is 1. The topological polar surface area (TPSA) is 69.4 Å². The highest BCUT2D eigenvalue weighted by molar-refractivity contribution is 6.56. The SMILES string of the molecule is CNCC(=Cc1cnc(Cl)cc1N)B1OC(C)(C)C(C)(C)O1. The molecule has 120 valence electrons. The molecule has 0 aliphatic carbocycles. The highest BCUT2D eigenvalue weighted by Gasteiger charge is 2.52. The van der Waals surface area contributed by atoms with Crippen molar-refractivity contribution in [3.63, 3.8) is 0 Å². The maximum absolute atomic E-state index is 6.10. The van der Waals surface area contributed by atoms with Gasteiger partial charge in [0.25, 0.3) is 0 Å². The van der Waals surface area contributed by atoms with E-state index >= 15 is 0 Å². The van der Waals surface area contributed by atoms with E-state index in [2.05, 4.69) is 10.3 Å². The number of aromatic nitrogens is 1. The molecule has 1 aliphatic heterocycles. The molecule has 7 heteroatoms. The van der Waals surface area contributed by atoms with Crippen LogP contribution in [0.2, 0.25) is 5.15 Å². The highest BCUT2D eigenvalue weighted by Crippen LogP contribution is 2.38. The quantitative estimate of drug-likeness (QED) is 0.658. The second kappa shape index (κ2) is 6.20. The van der Waals surface area contributed by atoms with Crippen molar-refractivity contribution in [2.45, 2.75) is 38.9 Å². The normalized spacial score (nSPS) is 20.5. The number of rotatable bonds is 4. The Morgan fingerprint density at radius 3 is 2.45 bits per heavy atom. The minimum Gasteiger partial charge on any atom is -0.400 e. The van der Waals surface area contributed by atoms with Crippen molar-refractivity contribution in [3.05, 3.63) is 28.5 Å². The van der Waals surface area contributed by atoms with Crippen LogP contribution < -0.4 is 11.1 Å². The Bertz CT molecular complexity index is 574. The molecular formula is C15H23BClN3O2. The fourth-order valence-electron chi connectivity index (χ4n) is 2.18. The van der Waals surface area contributed by atoms with Crippen LogP contribution in [0.15, 0.2) is 17.7 Å². The minimum absolute atomic E-state index is 0.375. The van der Waals surface area contributed by atoms with E-state index in [4.69, 9.17) is 26.6 Å². The van der Waals surface area contributed by atoms with Gasteiger partial charge in [0, 0.05) is 24.0 Å². The predicted octanol–water partition coefficient (Wildman–Crippen LogP) is 2.55. The zero-order valence-corrected chi connectivity index (χ0v) is 14.5. The van der Waals surface area contributed by atoms with Crippen molar-refractivity contribution < 1.29 is 9.31 Å². The van der Waals surface area contributed by atoms with Crippen LogP contribution in [0, 0.1) is 0 Å². The van der Waals surface area contributed by atoms with Crippen molar-refractivity contribution in [3.8, 4) is 0 Å². The molecule has 0 spiro atoms. The molecular weight excluding hydrogens is 300 g/mol. The summed E-state index contributed by atoms with van der Waals surface area (Å²) in [6, 6.07) is 1.63. The lowest BCUT2D eigenvalue weighted by Crippen LogP contribution is -2.41. The molecule has 5 nitrogen and oxygen atoms in total. The molecule has 1 aromatic heterocycles. The number of hydrogen-bond acceptors (Lipinski definition) is 5. The number of anilines is 1. The number of nitrogen functional groups attached to an aromatic ring is 1. The summed E-state index contributed by atoms with van der Waals surface area (Å²) in [5, 5.41) is 3.51. The zero-order chi connectivity index (χ0) is 16.5. The Hall–Kier alpha value is -1.08. The van der Waals surface area contributed by atoms with Gasteiger partial charge >= 0.3 is 7.12 Å². The van der Waals surface area contributed by atoms with Crippen molar-refractivity contribution in [1.29, 1.82) is 0 Å². The summed E-state index contributed by atoms with van der Waals surface area (Å²) in [5.41, 5.74) is 7.56. The van der Waals surface area contributed by atoms with Crippen LogP contribution in [0.25, 0.3) is 6.08 Å². The third-order valence-corrected chi connectivity index (χ3v) is 4.42. The van der Waals surface area contributed by atoms with Crippen molar-refractivity contribution >= 4 is 30.5 Å². The fourth-order valence-corrected chi connectivity index (χ4v) is 2.34. The lowest BCUT2D eigenvalue weighted by atomic mass is 9.77. The number of pyridine rings is 1. The third-order valence-electron chi connectivity index (χ3n) is 4.21. The Kier molecular flexibility index (Phi) is 4.87. The molecule has 0 saturated carbocycles. The standard InChI is InChI=1S/C15H23BClN3O2/c1-14(2)15(3,4)22-16(21-14)11(9-19-5)6-10-8-20-13(17)7-12(10)18/h6-8,19H,9H2,1-5H3,(H2,18,20). The van der Waals surface area contributed by atoms with Gasteiger partial charge in [0.1, 0.15) is 5.15 Å². The van der Waals surface area contributed by atoms with Crippen molar-refractivity contribution in [2.75, 3.05) is 19.3 Å². The van der Waals surface area contributed by atoms with Crippen LogP contribution in [0.4, 0.5) is 5.69 Å². The Morgan fingerprint density at radius 1 is 1.36 bits per heavy atom. The summed E-state index contributed by atoms with van der Waals surface area (Å²) < 4.78 is 12.2. The van der Waals surface area contributed by atoms with E-state index in [0.717, 1.165) is 11.0 Å². The van der Waals surface area contributed by atoms with Crippen LogP contribution in [-0.2, 0) is 9.31 Å². The van der Waals surface area contributed by atoms with Crippen molar-refractivity contribution in [2.24, 2.45) is 0 Å². The molecule has 3 N–H and O–H groups in total. The van der Waals surface area contributed by atoms with Gasteiger partial charge in [-0.2, -0.15) is 0 Å². The Labute approximate surface area is 137 Å². The van der Waals surface area contributed by atoms with Gasteiger partial charge in [-0.25, -0.2) is 4.98 Å². The van der Waals surface area contributed by atoms with Gasteiger partial charge in [-0.1, -0.05) is 17.7 Å². The Balaban J connectivity index is 2.33. The summed E-state index contributed by atoms with van der Waals surface area (Å²) in [6.07, 6.45) is 3.59. The lowest BCUT2D eigenvalue weighted by Gasteiger charge is -2.32. The predicted molar refractivity (Wildman–Crippen MR) is 91.6 cm³/mol. The van der Waals surface area contributed by atoms with E-state index in [1.54, 1.807) is 12.3 Å². The molecule has 0 bridgehead atoms. The summed E-state index contributed by atoms with van der Waals surface area (Å²) >= 11 is 5.84. The molecule has 0 unspecified atom stereocenters. The second-order valence-electron chi connectivity index (χ2n) is 6.47. The third kappa shape index (κ3) is 3.46. The average Bonchev–Trinajstić information content (AvgIpc) is 2.61. The van der Waals surface area contributed by atoms with Gasteiger partial charge in [-0.3, -0.25) is 0 Å². The van der Waals surface area contributed by atoms with Crippen LogP contribution in [0.1, 0.15) is 33.3 Å². The molecule has 0 radical (unpaired) electrons. The van der Waals surface area contributed by atoms with Gasteiger partial charge in [0.2, 0.25) is 0 Å². The van der Waals surface area contributed by atoms with Crippen molar-refractivity contribution in [1.82, 2.24) is 10.3 Å². The van der Waals surface area contributed by atoms with Gasteiger partial charge in [0.05, 0.1) is 11.2 Å². The molecule has 2 rings (SSSR count). The first-order valence-corrected chi connectivity index (χ1v) is 7.66. The average molecular weight is 324 g/mol. The summed E-state index contributed by atoms with van der Waals surface area (Å²) in [6.45, 7) is 8.74. The van der Waals surface area contributed by atoms with Crippen LogP contribution in [0.5, 0.6) is 0 Å². The smallest absolute Gasteiger partial charge is 0.400 e. The van der Waals surface area contributed by atoms with E-state index < -0.39 is 7.12 Å². The zero-order valence-electron chi connectivity index (χ0n) is 13.7. The molecule has 0 atom stereocenters. The maximum Gasteiger partial charge on any atom is 0.491 e. The second-order valence-corrected chi connectivity index (χ2v) is 6.86. The van der Waals surface area contributed by atoms with Gasteiger partial charge < -0.3 is 20.4 Å². The molecule has 1 aliphatic rings. The number of nitrogens with zero attached hydrogens (tertiary/aromatic N) is 1. The van der Waals surface area contributed by atoms with Gasteiger partial charge in [-0.05, 0) is 46.3 Å². The summed E-state index contributed by atoms with van der Waals surface area (Å²) in [7, 11) is 1.45. The number of likely N-dealkylation sites (N-methyl/N-ethyl adjacent to an activating group) is 1. The lowest BCUT2D eigenvalue weighted by molar-refractivity contribution is 0.00578. The van der Waals surface area contributed by atoms with Crippen LogP contribution in [-0.4, -0.2) is 36.9 Å². The van der Waals surface area contributed by atoms with E-state index in [1.165, 1.54) is 0 Å². The molecule has 1 aromatic rings. The number of halogens is 1. The van der Waals surface area contributed by atoms with Gasteiger partial charge in [-0.15, -0.1) is 0 Å². The largest absolute Gasteiger partial charge is 0.491 e. The fraction of sp³-hybridized carbons (Fsp3) is 0.533. The van der Waals surface area contributed by atoms with E-state index in [-0.39, 0.29) is 11.2 Å². The van der Waals surface area contributed by atoms with E-state index in [9.17, 15) is 0 Å². The first-order valence-electron chi connectivity index (χ1n) is 7.28. The van der Waals surface area contributed by atoms with E-state index in [1.807, 2.05) is 40.8 Å². The van der Waals surface area contributed by atoms with Crippen LogP contribution in [0.3, 0.4) is 0 Å². The van der Waals surface area contributed by atoms with E-state index in [0.29, 0.717) is 17.4 Å². The molecule has 0 amide bonds. The van der Waals surface area contributed by atoms with Crippen LogP contribution >= 0.6 is 11.6 Å². The molecule has 1 saturated heterocycles. The molecule has 2 heterocycles. The Morgan fingerprint density at radius 2 is 1.95 bits per heavy atom. The first-order chi connectivity index (χ1) is 10.2. The monoisotopic (exact) mass is 323 g/mol.